The number of nitrogens with zero attached hydrogens (tertiary/aromatic N) is 1. The molecular formula is C10H17N3O2. The summed E-state index contributed by atoms with van der Waals surface area (Å²) in [6.07, 6.45) is 3.44. The lowest BCUT2D eigenvalue weighted by atomic mass is 10.0. The van der Waals surface area contributed by atoms with Gasteiger partial charge in [0.25, 0.3) is 0 Å². The van der Waals surface area contributed by atoms with Crippen LogP contribution in [-0.4, -0.2) is 48.9 Å². The van der Waals surface area contributed by atoms with Gasteiger partial charge in [0.15, 0.2) is 0 Å². The first-order valence-corrected chi connectivity index (χ1v) is 5.54. The van der Waals surface area contributed by atoms with Crippen LogP contribution in [0.2, 0.25) is 0 Å². The molecule has 15 heavy (non-hydrogen) atoms. The molecular weight excluding hydrogens is 194 g/mol. The van der Waals surface area contributed by atoms with Crippen molar-refractivity contribution in [2.75, 3.05) is 26.2 Å². The monoisotopic (exact) mass is 211 g/mol. The van der Waals surface area contributed by atoms with Crippen LogP contribution in [0.5, 0.6) is 0 Å². The topological polar surface area (TPSA) is 61.4 Å². The van der Waals surface area contributed by atoms with E-state index in [1.54, 1.807) is 0 Å². The molecule has 2 N–H and O–H groups in total. The smallest absolute Gasteiger partial charge is 0.243 e. The number of piperidine rings is 1. The Balaban J connectivity index is 1.90. The average Bonchev–Trinajstić information content (AvgIpc) is 2.25. The molecule has 1 atom stereocenters. The molecule has 0 aliphatic carbocycles. The number of imide groups is 1. The third-order valence-corrected chi connectivity index (χ3v) is 2.97. The van der Waals surface area contributed by atoms with Crippen LogP contribution in [0.25, 0.3) is 0 Å². The number of rotatable bonds is 2. The Morgan fingerprint density at radius 1 is 1.20 bits per heavy atom. The van der Waals surface area contributed by atoms with E-state index in [0.717, 1.165) is 13.0 Å². The highest BCUT2D eigenvalue weighted by atomic mass is 16.2. The van der Waals surface area contributed by atoms with Crippen molar-refractivity contribution in [3.05, 3.63) is 0 Å². The summed E-state index contributed by atoms with van der Waals surface area (Å²) in [5.41, 5.74) is 0. The minimum absolute atomic E-state index is 0.0985. The van der Waals surface area contributed by atoms with Gasteiger partial charge in [-0.15, -0.1) is 0 Å². The van der Waals surface area contributed by atoms with Crippen molar-refractivity contribution in [3.8, 4) is 0 Å². The van der Waals surface area contributed by atoms with Gasteiger partial charge in [0.1, 0.15) is 0 Å². The Kier molecular flexibility index (Phi) is 3.33. The molecule has 5 nitrogen and oxygen atoms in total. The highest BCUT2D eigenvalue weighted by Gasteiger charge is 2.28. The van der Waals surface area contributed by atoms with Gasteiger partial charge in [-0.2, -0.15) is 0 Å². The molecule has 0 aromatic carbocycles. The van der Waals surface area contributed by atoms with Crippen molar-refractivity contribution in [1.29, 1.82) is 0 Å². The fraction of sp³-hybridized carbons (Fsp3) is 0.800. The molecule has 2 saturated heterocycles. The summed E-state index contributed by atoms with van der Waals surface area (Å²) in [5, 5.41) is 6.13. The standard InChI is InChI=1S/C10H17N3O2/c14-9-5-11-6-10(15)13(9)7-8-3-1-2-4-12-8/h8,11-12H,1-7H2. The Labute approximate surface area is 89.2 Å². The van der Waals surface area contributed by atoms with E-state index in [0.29, 0.717) is 25.7 Å². The van der Waals surface area contributed by atoms with Crippen LogP contribution in [0.3, 0.4) is 0 Å². The summed E-state index contributed by atoms with van der Waals surface area (Å²) in [6.45, 7) is 2.12. The van der Waals surface area contributed by atoms with Crippen LogP contribution >= 0.6 is 0 Å². The lowest BCUT2D eigenvalue weighted by Crippen LogP contribution is -2.56. The van der Waals surface area contributed by atoms with Gasteiger partial charge in [-0.1, -0.05) is 6.42 Å². The lowest BCUT2D eigenvalue weighted by molar-refractivity contribution is -0.147. The number of piperazine rings is 1. The highest BCUT2D eigenvalue weighted by molar-refractivity contribution is 5.99. The van der Waals surface area contributed by atoms with Crippen LogP contribution in [0.1, 0.15) is 19.3 Å². The maximum atomic E-state index is 11.5. The molecule has 2 rings (SSSR count). The first-order chi connectivity index (χ1) is 7.27. The van der Waals surface area contributed by atoms with Crippen molar-refractivity contribution < 1.29 is 9.59 Å². The number of hydrogen-bond donors (Lipinski definition) is 2. The third-order valence-electron chi connectivity index (χ3n) is 2.97. The van der Waals surface area contributed by atoms with Crippen LogP contribution in [0.15, 0.2) is 0 Å². The molecule has 5 heteroatoms. The first kappa shape index (κ1) is 10.6. The van der Waals surface area contributed by atoms with E-state index in [9.17, 15) is 9.59 Å². The lowest BCUT2D eigenvalue weighted by Gasteiger charge is -2.31. The maximum absolute atomic E-state index is 11.5. The molecule has 0 bridgehead atoms. The van der Waals surface area contributed by atoms with Gasteiger partial charge in [0, 0.05) is 12.6 Å². The molecule has 2 heterocycles. The van der Waals surface area contributed by atoms with Crippen LogP contribution in [0.4, 0.5) is 0 Å². The minimum atomic E-state index is -0.0985. The van der Waals surface area contributed by atoms with E-state index < -0.39 is 0 Å². The normalized spacial score (nSPS) is 28.3. The zero-order valence-corrected chi connectivity index (χ0v) is 8.79. The number of amides is 2. The van der Waals surface area contributed by atoms with Gasteiger partial charge in [0.05, 0.1) is 13.1 Å². The van der Waals surface area contributed by atoms with Crippen LogP contribution < -0.4 is 10.6 Å². The Morgan fingerprint density at radius 2 is 1.93 bits per heavy atom. The predicted octanol–water partition coefficient (Wildman–Crippen LogP) is -0.913. The molecule has 2 aliphatic rings. The molecule has 2 amide bonds. The fourth-order valence-corrected chi connectivity index (χ4v) is 2.11. The van der Waals surface area contributed by atoms with Gasteiger partial charge in [-0.3, -0.25) is 19.8 Å². The average molecular weight is 211 g/mol. The summed E-state index contributed by atoms with van der Waals surface area (Å²) < 4.78 is 0. The van der Waals surface area contributed by atoms with Gasteiger partial charge in [-0.05, 0) is 19.4 Å². The van der Waals surface area contributed by atoms with Crippen molar-refractivity contribution in [2.45, 2.75) is 25.3 Å². The Morgan fingerprint density at radius 3 is 2.53 bits per heavy atom. The quantitative estimate of drug-likeness (QED) is 0.580. The summed E-state index contributed by atoms with van der Waals surface area (Å²) in [5.74, 6) is -0.197. The summed E-state index contributed by atoms with van der Waals surface area (Å²) in [4.78, 5) is 24.4. The third kappa shape index (κ3) is 2.54. The highest BCUT2D eigenvalue weighted by Crippen LogP contribution is 2.09. The molecule has 2 fully saturated rings. The Bertz CT molecular complexity index is 245. The second-order valence-electron chi connectivity index (χ2n) is 4.15. The molecule has 1 unspecified atom stereocenters. The van der Waals surface area contributed by atoms with Gasteiger partial charge in [-0.25, -0.2) is 0 Å². The van der Waals surface area contributed by atoms with Crippen LogP contribution in [0, 0.1) is 0 Å². The second kappa shape index (κ2) is 4.72. The van der Waals surface area contributed by atoms with E-state index in [1.807, 2.05) is 0 Å². The predicted molar refractivity (Wildman–Crippen MR) is 55.2 cm³/mol. The van der Waals surface area contributed by atoms with Crippen molar-refractivity contribution >= 4 is 11.8 Å². The SMILES string of the molecule is O=C1CNCC(=O)N1CC1CCCCN1. The second-order valence-corrected chi connectivity index (χ2v) is 4.15. The van der Waals surface area contributed by atoms with Crippen molar-refractivity contribution in [3.63, 3.8) is 0 Å². The number of carbonyl (C=O) groups is 2. The van der Waals surface area contributed by atoms with E-state index in [4.69, 9.17) is 0 Å². The van der Waals surface area contributed by atoms with E-state index in [-0.39, 0.29) is 11.8 Å². The number of hydrogen-bond acceptors (Lipinski definition) is 4. The molecule has 0 aromatic heterocycles. The zero-order valence-electron chi connectivity index (χ0n) is 8.79. The van der Waals surface area contributed by atoms with Crippen LogP contribution in [-0.2, 0) is 9.59 Å². The van der Waals surface area contributed by atoms with Gasteiger partial charge in [0.2, 0.25) is 11.8 Å². The largest absolute Gasteiger partial charge is 0.312 e. The molecule has 0 aromatic rings. The van der Waals surface area contributed by atoms with E-state index in [1.165, 1.54) is 17.7 Å². The molecule has 84 valence electrons. The van der Waals surface area contributed by atoms with Gasteiger partial charge < -0.3 is 5.32 Å². The van der Waals surface area contributed by atoms with E-state index in [2.05, 4.69) is 10.6 Å². The molecule has 0 saturated carbocycles. The summed E-state index contributed by atoms with van der Waals surface area (Å²) >= 11 is 0. The van der Waals surface area contributed by atoms with Crippen molar-refractivity contribution in [2.24, 2.45) is 0 Å². The van der Waals surface area contributed by atoms with E-state index >= 15 is 0 Å². The molecule has 0 spiro atoms. The number of carbonyl (C=O) groups excluding carboxylic acids is 2. The fourth-order valence-electron chi connectivity index (χ4n) is 2.11. The van der Waals surface area contributed by atoms with Gasteiger partial charge >= 0.3 is 0 Å². The molecule has 2 aliphatic heterocycles. The minimum Gasteiger partial charge on any atom is -0.312 e. The summed E-state index contributed by atoms with van der Waals surface area (Å²) in [7, 11) is 0. The summed E-state index contributed by atoms with van der Waals surface area (Å²) in [6, 6.07) is 0.296. The molecule has 0 radical (unpaired) electrons. The Hall–Kier alpha value is -0.940. The maximum Gasteiger partial charge on any atom is 0.243 e. The van der Waals surface area contributed by atoms with Crippen molar-refractivity contribution in [1.82, 2.24) is 15.5 Å². The zero-order chi connectivity index (χ0) is 10.7. The first-order valence-electron chi connectivity index (χ1n) is 5.54. The number of nitrogens with one attached hydrogen (secondary N) is 2.